The average molecular weight is 432 g/mol. The number of carbonyl (C=O) groups is 2. The number of methoxy groups -OCH3 is 1. The molecule has 0 saturated carbocycles. The maximum absolute atomic E-state index is 13.5. The van der Waals surface area contributed by atoms with Crippen molar-refractivity contribution < 1.29 is 19.1 Å². The first-order chi connectivity index (χ1) is 15.1. The largest absolute Gasteiger partial charge is 0.496 e. The van der Waals surface area contributed by atoms with Gasteiger partial charge in [0, 0.05) is 10.5 Å². The number of rotatable bonds is 7. The quantitative estimate of drug-likeness (QED) is 0.483. The van der Waals surface area contributed by atoms with Gasteiger partial charge in [-0.2, -0.15) is 0 Å². The number of carbonyl (C=O) groups excluding carboxylic acids is 2. The van der Waals surface area contributed by atoms with Crippen molar-refractivity contribution in [3.05, 3.63) is 89.3 Å². The van der Waals surface area contributed by atoms with E-state index in [2.05, 4.69) is 0 Å². The summed E-state index contributed by atoms with van der Waals surface area (Å²) < 4.78 is 11.0. The Bertz CT molecular complexity index is 1140. The summed E-state index contributed by atoms with van der Waals surface area (Å²) in [6.45, 7) is 2.44. The lowest BCUT2D eigenvalue weighted by atomic mass is 10.0. The molecular formula is C25H21NO4S. The number of para-hydroxylation sites is 1. The normalized spacial score (nSPS) is 13.7. The minimum Gasteiger partial charge on any atom is -0.496 e. The average Bonchev–Trinajstić information content (AvgIpc) is 3.04. The fourth-order valence-corrected chi connectivity index (χ4v) is 4.40. The molecule has 1 heterocycles. The number of imide groups is 1. The first-order valence-corrected chi connectivity index (χ1v) is 10.7. The lowest BCUT2D eigenvalue weighted by Crippen LogP contribution is -2.31. The Hall–Kier alpha value is -3.51. The Balaban J connectivity index is 1.80. The fraction of sp³-hybridized carbons (Fsp3) is 0.120. The molecule has 0 fully saturated rings. The number of benzene rings is 3. The molecule has 3 aromatic rings. The monoisotopic (exact) mass is 431 g/mol. The van der Waals surface area contributed by atoms with Crippen molar-refractivity contribution in [2.45, 2.75) is 11.8 Å². The number of hydrogen-bond acceptors (Lipinski definition) is 5. The highest BCUT2D eigenvalue weighted by Gasteiger charge is 2.41. The second-order valence-electron chi connectivity index (χ2n) is 6.69. The number of hydrogen-bond donors (Lipinski definition) is 0. The highest BCUT2D eigenvalue weighted by molar-refractivity contribution is 8.04. The molecule has 4 rings (SSSR count). The third kappa shape index (κ3) is 4.07. The lowest BCUT2D eigenvalue weighted by molar-refractivity contribution is -0.119. The molecule has 1 aliphatic heterocycles. The van der Waals surface area contributed by atoms with Crippen molar-refractivity contribution in [3.63, 3.8) is 0 Å². The Morgan fingerprint density at radius 1 is 0.839 bits per heavy atom. The third-order valence-corrected chi connectivity index (χ3v) is 5.88. The molecule has 2 amide bonds. The van der Waals surface area contributed by atoms with E-state index in [1.54, 1.807) is 43.5 Å². The maximum atomic E-state index is 13.5. The van der Waals surface area contributed by atoms with Crippen molar-refractivity contribution >= 4 is 34.8 Å². The molecule has 31 heavy (non-hydrogen) atoms. The van der Waals surface area contributed by atoms with Gasteiger partial charge in [0.2, 0.25) is 0 Å². The summed E-state index contributed by atoms with van der Waals surface area (Å²) in [7, 11) is 1.55. The molecule has 5 nitrogen and oxygen atoms in total. The molecule has 156 valence electrons. The molecule has 6 heteroatoms. The molecule has 0 saturated heterocycles. The number of thioether (sulfide) groups is 1. The molecule has 0 N–H and O–H groups in total. The van der Waals surface area contributed by atoms with E-state index >= 15 is 0 Å². The first-order valence-electron chi connectivity index (χ1n) is 9.86. The van der Waals surface area contributed by atoms with E-state index in [1.807, 2.05) is 49.4 Å². The van der Waals surface area contributed by atoms with Crippen molar-refractivity contribution in [1.82, 2.24) is 0 Å². The van der Waals surface area contributed by atoms with E-state index in [-0.39, 0.29) is 11.8 Å². The van der Waals surface area contributed by atoms with Gasteiger partial charge in [-0.05, 0) is 49.4 Å². The van der Waals surface area contributed by atoms with Crippen LogP contribution in [-0.4, -0.2) is 25.5 Å². The Morgan fingerprint density at radius 2 is 1.52 bits per heavy atom. The van der Waals surface area contributed by atoms with Crippen LogP contribution in [0.3, 0.4) is 0 Å². The van der Waals surface area contributed by atoms with Crippen LogP contribution < -0.4 is 14.4 Å². The summed E-state index contributed by atoms with van der Waals surface area (Å²) in [5.41, 5.74) is 1.43. The summed E-state index contributed by atoms with van der Waals surface area (Å²) in [5, 5.41) is 0. The zero-order valence-corrected chi connectivity index (χ0v) is 18.0. The van der Waals surface area contributed by atoms with E-state index in [1.165, 1.54) is 16.7 Å². The predicted octanol–water partition coefficient (Wildman–Crippen LogP) is 5.17. The predicted molar refractivity (Wildman–Crippen MR) is 122 cm³/mol. The van der Waals surface area contributed by atoms with E-state index in [0.29, 0.717) is 39.8 Å². The van der Waals surface area contributed by atoms with E-state index in [0.717, 1.165) is 4.90 Å². The molecule has 0 radical (unpaired) electrons. The van der Waals surface area contributed by atoms with Crippen LogP contribution in [0.5, 0.6) is 11.5 Å². The standard InChI is InChI=1S/C25H21NO4S/c1-3-30-18-15-13-17(14-16-18)26-24(27)22(20-11-7-8-12-21(20)29-2)23(25(26)28)31-19-9-5-4-6-10-19/h4-16H,3H2,1-2H3. The minimum atomic E-state index is -0.378. The number of amides is 2. The molecule has 0 bridgehead atoms. The second kappa shape index (κ2) is 9.10. The summed E-state index contributed by atoms with van der Waals surface area (Å²) in [5.74, 6) is 0.488. The van der Waals surface area contributed by atoms with Crippen molar-refractivity contribution in [2.75, 3.05) is 18.6 Å². The third-order valence-electron chi connectivity index (χ3n) is 4.79. The van der Waals surface area contributed by atoms with Crippen molar-refractivity contribution in [2.24, 2.45) is 0 Å². The zero-order valence-electron chi connectivity index (χ0n) is 17.2. The number of ether oxygens (including phenoxy) is 2. The van der Waals surface area contributed by atoms with Crippen LogP contribution in [0.25, 0.3) is 5.57 Å². The highest BCUT2D eigenvalue weighted by Crippen LogP contribution is 2.43. The lowest BCUT2D eigenvalue weighted by Gasteiger charge is -2.16. The van der Waals surface area contributed by atoms with Gasteiger partial charge in [-0.3, -0.25) is 9.59 Å². The van der Waals surface area contributed by atoms with Crippen molar-refractivity contribution in [3.8, 4) is 11.5 Å². The smallest absolute Gasteiger partial charge is 0.272 e. The van der Waals surface area contributed by atoms with Gasteiger partial charge >= 0.3 is 0 Å². The Labute approximate surface area is 185 Å². The van der Waals surface area contributed by atoms with Gasteiger partial charge in [-0.1, -0.05) is 48.2 Å². The Morgan fingerprint density at radius 3 is 2.19 bits per heavy atom. The van der Waals surface area contributed by atoms with Gasteiger partial charge in [-0.25, -0.2) is 4.90 Å². The highest BCUT2D eigenvalue weighted by atomic mass is 32.2. The molecule has 3 aromatic carbocycles. The molecular weight excluding hydrogens is 410 g/mol. The topological polar surface area (TPSA) is 55.8 Å². The minimum absolute atomic E-state index is 0.338. The van der Waals surface area contributed by atoms with Crippen LogP contribution in [0.2, 0.25) is 0 Å². The van der Waals surface area contributed by atoms with Crippen LogP contribution in [0.1, 0.15) is 12.5 Å². The van der Waals surface area contributed by atoms with Crippen LogP contribution in [0.4, 0.5) is 5.69 Å². The number of nitrogens with zero attached hydrogens (tertiary/aromatic N) is 1. The van der Waals surface area contributed by atoms with Gasteiger partial charge in [0.15, 0.2) is 0 Å². The van der Waals surface area contributed by atoms with E-state index in [9.17, 15) is 9.59 Å². The molecule has 0 unspecified atom stereocenters. The molecule has 0 atom stereocenters. The van der Waals surface area contributed by atoms with Gasteiger partial charge in [0.25, 0.3) is 11.8 Å². The van der Waals surface area contributed by atoms with Crippen LogP contribution >= 0.6 is 11.8 Å². The van der Waals surface area contributed by atoms with Crippen LogP contribution in [0, 0.1) is 0 Å². The Kier molecular flexibility index (Phi) is 6.09. The van der Waals surface area contributed by atoms with Crippen LogP contribution in [-0.2, 0) is 9.59 Å². The van der Waals surface area contributed by atoms with Gasteiger partial charge in [0.1, 0.15) is 11.5 Å². The van der Waals surface area contributed by atoms with Crippen LogP contribution in [0.15, 0.2) is 88.7 Å². The summed E-state index contributed by atoms with van der Waals surface area (Å²) in [6.07, 6.45) is 0. The number of anilines is 1. The molecule has 1 aliphatic rings. The summed E-state index contributed by atoms with van der Waals surface area (Å²) in [6, 6.07) is 23.7. The second-order valence-corrected chi connectivity index (χ2v) is 7.78. The van der Waals surface area contributed by atoms with E-state index in [4.69, 9.17) is 9.47 Å². The molecule has 0 spiro atoms. The summed E-state index contributed by atoms with van der Waals surface area (Å²) in [4.78, 5) is 29.5. The molecule has 0 aliphatic carbocycles. The molecule has 0 aromatic heterocycles. The fourth-order valence-electron chi connectivity index (χ4n) is 3.39. The van der Waals surface area contributed by atoms with E-state index < -0.39 is 0 Å². The SMILES string of the molecule is CCOc1ccc(N2C(=O)C(Sc3ccccc3)=C(c3ccccc3OC)C2=O)cc1. The van der Waals surface area contributed by atoms with Gasteiger partial charge < -0.3 is 9.47 Å². The van der Waals surface area contributed by atoms with Crippen molar-refractivity contribution in [1.29, 1.82) is 0 Å². The maximum Gasteiger partial charge on any atom is 0.272 e. The summed E-state index contributed by atoms with van der Waals surface area (Å²) >= 11 is 1.28. The first kappa shape index (κ1) is 20.8. The zero-order chi connectivity index (χ0) is 21.8. The van der Waals surface area contributed by atoms with Gasteiger partial charge in [-0.15, -0.1) is 0 Å². The van der Waals surface area contributed by atoms with Gasteiger partial charge in [0.05, 0.1) is 29.9 Å².